The van der Waals surface area contributed by atoms with Gasteiger partial charge in [-0.3, -0.25) is 4.90 Å². The molecule has 8 nitrogen and oxygen atoms in total. The van der Waals surface area contributed by atoms with Gasteiger partial charge in [-0.2, -0.15) is 0 Å². The van der Waals surface area contributed by atoms with Crippen LogP contribution in [-0.4, -0.2) is 85.1 Å². The van der Waals surface area contributed by atoms with Gasteiger partial charge in [0.1, 0.15) is 0 Å². The molecule has 9 heteroatoms. The normalized spacial score (nSPS) is 39.0. The number of sulfone groups is 1. The van der Waals surface area contributed by atoms with E-state index in [0.29, 0.717) is 67.9 Å². The van der Waals surface area contributed by atoms with Gasteiger partial charge in [-0.25, -0.2) is 18.0 Å². The van der Waals surface area contributed by atoms with Crippen LogP contribution in [0.4, 0.5) is 4.79 Å². The third-order valence-electron chi connectivity index (χ3n) is 17.3. The van der Waals surface area contributed by atoms with Crippen LogP contribution < -0.4 is 5.32 Å². The van der Waals surface area contributed by atoms with Crippen molar-refractivity contribution in [2.45, 2.75) is 118 Å². The number of hydrogen-bond acceptors (Lipinski definition) is 5. The maximum absolute atomic E-state index is 14.4. The topological polar surface area (TPSA) is 107 Å². The number of nitrogens with zero attached hydrogens (tertiary/aromatic N) is 2. The van der Waals surface area contributed by atoms with E-state index in [4.69, 9.17) is 0 Å². The highest BCUT2D eigenvalue weighted by molar-refractivity contribution is 7.91. The van der Waals surface area contributed by atoms with Crippen LogP contribution in [0.5, 0.6) is 0 Å². The fraction of sp³-hybridized carbons (Fsp3) is 0.739. The summed E-state index contributed by atoms with van der Waals surface area (Å²) in [6.45, 7) is 24.8. The van der Waals surface area contributed by atoms with Gasteiger partial charge in [-0.1, -0.05) is 71.9 Å². The Bertz CT molecular complexity index is 1810. The minimum Gasteiger partial charge on any atom is -0.478 e. The lowest BCUT2D eigenvalue weighted by Crippen LogP contribution is -2.69. The molecule has 0 aromatic heterocycles. The predicted molar refractivity (Wildman–Crippen MR) is 222 cm³/mol. The van der Waals surface area contributed by atoms with Crippen LogP contribution in [0, 0.1) is 51.2 Å². The SMILES string of the molecule is C=C(C)C1CCC2(NC(=O)N(CCC)CCN3CCS(=O)(=O)CC3)CCC3(C)C(CCC4C5(C)CC=C(c6ccc(C(=O)O)cc6)C(C)(C)C5CCC43C)C12. The number of hydrogen-bond donors (Lipinski definition) is 2. The predicted octanol–water partition coefficient (Wildman–Crippen LogP) is 8.94. The maximum Gasteiger partial charge on any atom is 0.335 e. The molecule has 1 aliphatic heterocycles. The molecule has 1 saturated heterocycles. The molecule has 9 unspecified atom stereocenters. The van der Waals surface area contributed by atoms with Gasteiger partial charge < -0.3 is 15.3 Å². The molecular weight excluding hydrogens is 707 g/mol. The van der Waals surface area contributed by atoms with E-state index in [1.54, 1.807) is 12.1 Å². The van der Waals surface area contributed by atoms with Crippen molar-refractivity contribution in [1.29, 1.82) is 0 Å². The first-order valence-electron chi connectivity index (χ1n) is 21.5. The van der Waals surface area contributed by atoms with Crippen LogP contribution in [0.2, 0.25) is 0 Å². The molecule has 5 aliphatic carbocycles. The zero-order valence-corrected chi connectivity index (χ0v) is 35.7. The fourth-order valence-electron chi connectivity index (χ4n) is 14.4. The smallest absolute Gasteiger partial charge is 0.335 e. The highest BCUT2D eigenvalue weighted by Crippen LogP contribution is 2.76. The third-order valence-corrected chi connectivity index (χ3v) is 19.0. The van der Waals surface area contributed by atoms with Crippen LogP contribution >= 0.6 is 0 Å². The first-order valence-corrected chi connectivity index (χ1v) is 23.3. The number of rotatable bonds is 9. The molecule has 1 aromatic carbocycles. The molecule has 7 rings (SSSR count). The van der Waals surface area contributed by atoms with Gasteiger partial charge in [0.2, 0.25) is 0 Å². The number of allylic oxidation sites excluding steroid dienone is 3. The van der Waals surface area contributed by atoms with Crippen molar-refractivity contribution in [1.82, 2.24) is 15.1 Å². The van der Waals surface area contributed by atoms with E-state index in [9.17, 15) is 23.1 Å². The summed E-state index contributed by atoms with van der Waals surface area (Å²) >= 11 is 0. The first kappa shape index (κ1) is 40.5. The van der Waals surface area contributed by atoms with Gasteiger partial charge in [-0.05, 0) is 146 Å². The Kier molecular flexibility index (Phi) is 10.6. The summed E-state index contributed by atoms with van der Waals surface area (Å²) < 4.78 is 24.1. The van der Waals surface area contributed by atoms with E-state index >= 15 is 0 Å². The number of carboxylic acid groups (broad SMARTS) is 1. The average Bonchev–Trinajstić information content (AvgIpc) is 3.50. The molecule has 4 saturated carbocycles. The van der Waals surface area contributed by atoms with Gasteiger partial charge in [0.05, 0.1) is 17.1 Å². The van der Waals surface area contributed by atoms with Crippen LogP contribution in [0.3, 0.4) is 0 Å². The lowest BCUT2D eigenvalue weighted by molar-refractivity contribution is -0.218. The zero-order chi connectivity index (χ0) is 39.8. The molecule has 2 N–H and O–H groups in total. The summed E-state index contributed by atoms with van der Waals surface area (Å²) in [7, 11) is -2.94. The van der Waals surface area contributed by atoms with Crippen LogP contribution in [0.15, 0.2) is 42.5 Å². The van der Waals surface area contributed by atoms with Crippen molar-refractivity contribution in [3.8, 4) is 0 Å². The lowest BCUT2D eigenvalue weighted by Gasteiger charge is -2.72. The minimum atomic E-state index is -2.94. The van der Waals surface area contributed by atoms with E-state index in [1.807, 2.05) is 17.0 Å². The summed E-state index contributed by atoms with van der Waals surface area (Å²) in [5.41, 5.74) is 4.35. The van der Waals surface area contributed by atoms with Gasteiger partial charge in [0, 0.05) is 38.3 Å². The minimum absolute atomic E-state index is 0.0324. The van der Waals surface area contributed by atoms with E-state index < -0.39 is 15.8 Å². The molecule has 1 aromatic rings. The Hall–Kier alpha value is -2.65. The van der Waals surface area contributed by atoms with Crippen molar-refractivity contribution in [3.05, 3.63) is 53.6 Å². The summed E-state index contributed by atoms with van der Waals surface area (Å²) in [5.74, 6) is 1.95. The first-order chi connectivity index (χ1) is 25.8. The largest absolute Gasteiger partial charge is 0.478 e. The Balaban J connectivity index is 1.14. The lowest BCUT2D eigenvalue weighted by atomic mass is 9.33. The molecule has 0 bridgehead atoms. The second-order valence-electron chi connectivity index (χ2n) is 20.2. The number of nitrogens with one attached hydrogen (secondary N) is 1. The van der Waals surface area contributed by atoms with E-state index in [2.05, 4.69) is 71.3 Å². The van der Waals surface area contributed by atoms with E-state index in [-0.39, 0.29) is 44.7 Å². The van der Waals surface area contributed by atoms with Crippen molar-refractivity contribution >= 4 is 27.4 Å². The Morgan fingerprint density at radius 2 is 1.60 bits per heavy atom. The molecule has 5 fully saturated rings. The maximum atomic E-state index is 14.4. The number of carboxylic acids is 1. The summed E-state index contributed by atoms with van der Waals surface area (Å²) in [4.78, 5) is 30.2. The number of amides is 2. The summed E-state index contributed by atoms with van der Waals surface area (Å²) in [6, 6.07) is 7.58. The highest BCUT2D eigenvalue weighted by atomic mass is 32.2. The van der Waals surface area contributed by atoms with Crippen LogP contribution in [0.25, 0.3) is 5.57 Å². The van der Waals surface area contributed by atoms with Crippen molar-refractivity contribution in [3.63, 3.8) is 0 Å². The molecule has 0 radical (unpaired) electrons. The van der Waals surface area contributed by atoms with Crippen molar-refractivity contribution < 1.29 is 23.1 Å². The Morgan fingerprint density at radius 1 is 0.909 bits per heavy atom. The number of aromatic carboxylic acids is 1. The second kappa shape index (κ2) is 14.3. The summed E-state index contributed by atoms with van der Waals surface area (Å²) in [5, 5.41) is 13.3. The highest BCUT2D eigenvalue weighted by Gasteiger charge is 2.70. The Labute approximate surface area is 331 Å². The van der Waals surface area contributed by atoms with Gasteiger partial charge in [0.25, 0.3) is 0 Å². The molecular formula is C46H69N3O5S. The zero-order valence-electron chi connectivity index (χ0n) is 34.9. The molecule has 0 spiro atoms. The fourth-order valence-corrected chi connectivity index (χ4v) is 15.6. The molecule has 6 aliphatic rings. The number of carbonyl (C=O) groups is 2. The standard InChI is InChI=1S/C46H69N3O5S/c1-9-24-49(26-25-48-27-29-55(53,54)30-28-48)41(52)47-46-21-16-34(31(2)3)39(46)36-14-15-38-43(6)19-17-35(32-10-12-33(13-11-32)40(50)51)42(4,5)37(43)18-20-45(38,8)44(36,7)22-23-46/h10-13,17,34,36-39H,2,9,14-16,18-30H2,1,3-8H3,(H,47,52)(H,50,51). The number of fused-ring (bicyclic) bond motifs is 7. The van der Waals surface area contributed by atoms with Crippen molar-refractivity contribution in [2.24, 2.45) is 51.2 Å². The monoisotopic (exact) mass is 775 g/mol. The van der Waals surface area contributed by atoms with E-state index in [1.165, 1.54) is 36.8 Å². The Morgan fingerprint density at radius 3 is 2.24 bits per heavy atom. The molecule has 2 amide bonds. The second-order valence-corrected chi connectivity index (χ2v) is 22.5. The van der Waals surface area contributed by atoms with Gasteiger partial charge >= 0.3 is 12.0 Å². The number of benzene rings is 1. The molecule has 9 atom stereocenters. The quantitative estimate of drug-likeness (QED) is 0.243. The number of carbonyl (C=O) groups excluding carboxylic acids is 1. The van der Waals surface area contributed by atoms with Crippen LogP contribution in [-0.2, 0) is 9.84 Å². The summed E-state index contributed by atoms with van der Waals surface area (Å²) in [6.07, 6.45) is 13.5. The number of urea groups is 1. The van der Waals surface area contributed by atoms with E-state index in [0.717, 1.165) is 44.1 Å². The average molecular weight is 776 g/mol. The molecule has 55 heavy (non-hydrogen) atoms. The van der Waals surface area contributed by atoms with Gasteiger partial charge in [-0.15, -0.1) is 0 Å². The third kappa shape index (κ3) is 6.63. The van der Waals surface area contributed by atoms with Crippen molar-refractivity contribution in [2.75, 3.05) is 44.2 Å². The van der Waals surface area contributed by atoms with Crippen LogP contribution in [0.1, 0.15) is 129 Å². The molecule has 1 heterocycles. The van der Waals surface area contributed by atoms with Gasteiger partial charge in [0.15, 0.2) is 9.84 Å². The molecule has 304 valence electrons.